The van der Waals surface area contributed by atoms with Gasteiger partial charge in [0, 0.05) is 29.8 Å². The molecule has 0 fully saturated rings. The highest BCUT2D eigenvalue weighted by molar-refractivity contribution is 9.10. The summed E-state index contributed by atoms with van der Waals surface area (Å²) in [7, 11) is 0. The zero-order valence-corrected chi connectivity index (χ0v) is 11.4. The van der Waals surface area contributed by atoms with Gasteiger partial charge in [-0.1, -0.05) is 0 Å². The second-order valence-corrected chi connectivity index (χ2v) is 5.33. The molecule has 7 heteroatoms. The molecule has 0 unspecified atom stereocenters. The first-order valence-corrected chi connectivity index (χ1v) is 6.63. The van der Waals surface area contributed by atoms with E-state index >= 15 is 0 Å². The molecule has 0 bridgehead atoms. The molecular weight excluding hydrogens is 316 g/mol. The second kappa shape index (κ2) is 4.58. The molecule has 5 nitrogen and oxygen atoms in total. The van der Waals surface area contributed by atoms with Crippen LogP contribution in [0.1, 0.15) is 0 Å². The third-order valence-corrected chi connectivity index (χ3v) is 3.32. The van der Waals surface area contributed by atoms with Gasteiger partial charge in [0.05, 0.1) is 4.47 Å². The van der Waals surface area contributed by atoms with E-state index in [0.29, 0.717) is 21.6 Å². The summed E-state index contributed by atoms with van der Waals surface area (Å²) < 4.78 is 6.39. The molecule has 3 rings (SSSR count). The Morgan fingerprint density at radius 2 is 2.00 bits per heavy atom. The topological polar surface area (TPSA) is 77.8 Å². The molecule has 0 aliphatic carbocycles. The molecule has 1 aromatic carbocycles. The fraction of sp³-hybridized carbons (Fsp3) is 0. The molecule has 0 radical (unpaired) electrons. The van der Waals surface area contributed by atoms with E-state index in [1.54, 1.807) is 30.6 Å². The van der Waals surface area contributed by atoms with Gasteiger partial charge >= 0.3 is 0 Å². The molecule has 2 aromatic heterocycles. The largest absolute Gasteiger partial charge is 0.431 e. The molecule has 0 spiro atoms. The first-order chi connectivity index (χ1) is 8.70. The lowest BCUT2D eigenvalue weighted by Gasteiger charge is -1.93. The van der Waals surface area contributed by atoms with Crippen molar-refractivity contribution in [1.29, 1.82) is 0 Å². The minimum absolute atomic E-state index is 0.498. The van der Waals surface area contributed by atoms with Crippen LogP contribution in [0.5, 0.6) is 0 Å². The Labute approximate surface area is 115 Å². The van der Waals surface area contributed by atoms with E-state index in [-0.39, 0.29) is 0 Å². The fourth-order valence-electron chi connectivity index (χ4n) is 1.40. The SMILES string of the molecule is Nc1ccc2oc(Sc3ncc(Br)cn3)nc2c1. The number of nitrogens with zero attached hydrogens (tertiary/aromatic N) is 3. The van der Waals surface area contributed by atoms with Crippen molar-refractivity contribution in [3.63, 3.8) is 0 Å². The van der Waals surface area contributed by atoms with Crippen molar-refractivity contribution in [1.82, 2.24) is 15.0 Å². The summed E-state index contributed by atoms with van der Waals surface area (Å²) in [5, 5.41) is 1.08. The van der Waals surface area contributed by atoms with Crippen LogP contribution in [0.15, 0.2) is 49.9 Å². The highest BCUT2D eigenvalue weighted by Gasteiger charge is 2.09. The Hall–Kier alpha value is -1.60. The minimum Gasteiger partial charge on any atom is -0.431 e. The van der Waals surface area contributed by atoms with Gasteiger partial charge in [0.1, 0.15) is 5.52 Å². The Morgan fingerprint density at radius 3 is 2.78 bits per heavy atom. The maximum atomic E-state index is 5.68. The fourth-order valence-corrected chi connectivity index (χ4v) is 2.25. The quantitative estimate of drug-likeness (QED) is 0.577. The predicted octanol–water partition coefficient (Wildman–Crippen LogP) is 3.11. The number of oxazole rings is 1. The minimum atomic E-state index is 0.498. The van der Waals surface area contributed by atoms with Gasteiger partial charge in [0.15, 0.2) is 10.7 Å². The Morgan fingerprint density at radius 1 is 1.22 bits per heavy atom. The normalized spacial score (nSPS) is 10.9. The van der Waals surface area contributed by atoms with Crippen LogP contribution in [-0.2, 0) is 0 Å². The molecule has 90 valence electrons. The number of hydrogen-bond acceptors (Lipinski definition) is 6. The molecule has 0 atom stereocenters. The zero-order chi connectivity index (χ0) is 12.5. The van der Waals surface area contributed by atoms with Crippen molar-refractivity contribution < 1.29 is 4.42 Å². The van der Waals surface area contributed by atoms with Crippen LogP contribution in [-0.4, -0.2) is 15.0 Å². The van der Waals surface area contributed by atoms with E-state index in [1.165, 1.54) is 11.8 Å². The average Bonchev–Trinajstić information content (AvgIpc) is 2.73. The van der Waals surface area contributed by atoms with E-state index in [0.717, 1.165) is 9.99 Å². The predicted molar refractivity (Wildman–Crippen MR) is 72.3 cm³/mol. The summed E-state index contributed by atoms with van der Waals surface area (Å²) >= 11 is 4.55. The van der Waals surface area contributed by atoms with Gasteiger partial charge in [-0.3, -0.25) is 0 Å². The van der Waals surface area contributed by atoms with Crippen LogP contribution in [0, 0.1) is 0 Å². The summed E-state index contributed by atoms with van der Waals surface area (Å²) in [6.45, 7) is 0. The molecule has 0 saturated heterocycles. The number of anilines is 1. The third kappa shape index (κ3) is 2.32. The molecule has 0 aliphatic rings. The molecule has 0 aliphatic heterocycles. The van der Waals surface area contributed by atoms with E-state index in [9.17, 15) is 0 Å². The summed E-state index contributed by atoms with van der Waals surface area (Å²) in [4.78, 5) is 12.6. The van der Waals surface area contributed by atoms with Crippen LogP contribution >= 0.6 is 27.7 Å². The lowest BCUT2D eigenvalue weighted by Crippen LogP contribution is -1.84. The highest BCUT2D eigenvalue weighted by Crippen LogP contribution is 2.28. The monoisotopic (exact) mass is 322 g/mol. The van der Waals surface area contributed by atoms with Crippen LogP contribution in [0.4, 0.5) is 5.69 Å². The highest BCUT2D eigenvalue weighted by atomic mass is 79.9. The Balaban J connectivity index is 1.92. The number of aromatic nitrogens is 3. The standard InChI is InChI=1S/C11H7BrN4OS/c12-6-4-14-10(15-5-6)18-11-16-8-3-7(13)1-2-9(8)17-11/h1-5H,13H2. The van der Waals surface area contributed by atoms with Crippen molar-refractivity contribution >= 4 is 44.5 Å². The third-order valence-electron chi connectivity index (χ3n) is 2.17. The average molecular weight is 323 g/mol. The van der Waals surface area contributed by atoms with Gasteiger partial charge in [0.2, 0.25) is 0 Å². The van der Waals surface area contributed by atoms with E-state index in [1.807, 2.05) is 0 Å². The van der Waals surface area contributed by atoms with E-state index in [2.05, 4.69) is 30.9 Å². The van der Waals surface area contributed by atoms with E-state index in [4.69, 9.17) is 10.2 Å². The first-order valence-electron chi connectivity index (χ1n) is 5.02. The van der Waals surface area contributed by atoms with Gasteiger partial charge in [-0.15, -0.1) is 0 Å². The van der Waals surface area contributed by atoms with Crippen molar-refractivity contribution in [2.24, 2.45) is 0 Å². The molecule has 18 heavy (non-hydrogen) atoms. The van der Waals surface area contributed by atoms with Crippen molar-refractivity contribution in [2.75, 3.05) is 5.73 Å². The van der Waals surface area contributed by atoms with Gasteiger partial charge in [-0.05, 0) is 34.1 Å². The number of halogens is 1. The van der Waals surface area contributed by atoms with Crippen molar-refractivity contribution in [3.8, 4) is 0 Å². The summed E-state index contributed by atoms with van der Waals surface area (Å²) in [5.41, 5.74) is 7.77. The van der Waals surface area contributed by atoms with Crippen LogP contribution < -0.4 is 5.73 Å². The number of nitrogens with two attached hydrogens (primary N) is 1. The second-order valence-electron chi connectivity index (χ2n) is 3.49. The van der Waals surface area contributed by atoms with Gasteiger partial charge in [0.25, 0.3) is 5.22 Å². The Bertz CT molecular complexity index is 698. The van der Waals surface area contributed by atoms with Gasteiger partial charge in [-0.25, -0.2) is 15.0 Å². The van der Waals surface area contributed by atoms with Gasteiger partial charge in [-0.2, -0.15) is 0 Å². The molecule has 2 N–H and O–H groups in total. The number of nitrogen functional groups attached to an aromatic ring is 1. The summed E-state index contributed by atoms with van der Waals surface area (Å²) in [6, 6.07) is 5.34. The molecule has 3 aromatic rings. The number of fused-ring (bicyclic) bond motifs is 1. The summed E-state index contributed by atoms with van der Waals surface area (Å²) in [6.07, 6.45) is 3.35. The first kappa shape index (κ1) is 11.5. The van der Waals surface area contributed by atoms with Crippen molar-refractivity contribution in [3.05, 3.63) is 35.1 Å². The van der Waals surface area contributed by atoms with Crippen molar-refractivity contribution in [2.45, 2.75) is 10.4 Å². The summed E-state index contributed by atoms with van der Waals surface area (Å²) in [5.74, 6) is 0. The number of hydrogen-bond donors (Lipinski definition) is 1. The lowest BCUT2D eigenvalue weighted by atomic mass is 10.3. The smallest absolute Gasteiger partial charge is 0.264 e. The van der Waals surface area contributed by atoms with Gasteiger partial charge < -0.3 is 10.2 Å². The van der Waals surface area contributed by atoms with E-state index < -0.39 is 0 Å². The number of rotatable bonds is 2. The van der Waals surface area contributed by atoms with Crippen LogP contribution in [0.3, 0.4) is 0 Å². The molecule has 0 amide bonds. The molecule has 2 heterocycles. The van der Waals surface area contributed by atoms with Crippen LogP contribution in [0.25, 0.3) is 11.1 Å². The number of benzene rings is 1. The maximum Gasteiger partial charge on any atom is 0.264 e. The maximum absolute atomic E-state index is 5.68. The molecule has 0 saturated carbocycles. The zero-order valence-electron chi connectivity index (χ0n) is 9.00. The Kier molecular flexibility index (Phi) is 2.92. The molecular formula is C11H7BrN4OS. The van der Waals surface area contributed by atoms with Crippen LogP contribution in [0.2, 0.25) is 0 Å². The lowest BCUT2D eigenvalue weighted by molar-refractivity contribution is 0.488.